The van der Waals surface area contributed by atoms with Crippen LogP contribution in [-0.2, 0) is 4.79 Å². The molecule has 0 spiro atoms. The highest BCUT2D eigenvalue weighted by atomic mass is 35.5. The largest absolute Gasteiger partial charge is 0.340 e. The molecule has 2 aliphatic heterocycles. The minimum absolute atomic E-state index is 0. The minimum Gasteiger partial charge on any atom is -0.340 e. The second kappa shape index (κ2) is 6.77. The fourth-order valence-corrected chi connectivity index (χ4v) is 3.67. The highest BCUT2D eigenvalue weighted by Gasteiger charge is 2.39. The van der Waals surface area contributed by atoms with Gasteiger partial charge >= 0.3 is 0 Å². The molecule has 3 atom stereocenters. The van der Waals surface area contributed by atoms with E-state index in [9.17, 15) is 9.59 Å². The Kier molecular flexibility index (Phi) is 5.24. The van der Waals surface area contributed by atoms with Gasteiger partial charge in [0.1, 0.15) is 6.04 Å². The van der Waals surface area contributed by atoms with E-state index in [4.69, 9.17) is 0 Å². The van der Waals surface area contributed by atoms with Gasteiger partial charge in [0, 0.05) is 26.2 Å². The quantitative estimate of drug-likeness (QED) is 0.868. The van der Waals surface area contributed by atoms with Gasteiger partial charge in [-0.3, -0.25) is 9.59 Å². The fourth-order valence-electron chi connectivity index (χ4n) is 3.05. The molecule has 2 N–H and O–H groups in total. The van der Waals surface area contributed by atoms with E-state index in [1.54, 1.807) is 13.0 Å². The van der Waals surface area contributed by atoms with E-state index in [0.29, 0.717) is 16.7 Å². The van der Waals surface area contributed by atoms with Crippen LogP contribution in [-0.4, -0.2) is 48.9 Å². The minimum atomic E-state index is -0.462. The zero-order chi connectivity index (χ0) is 14.1. The Labute approximate surface area is 134 Å². The Balaban J connectivity index is 0.00000161. The predicted molar refractivity (Wildman–Crippen MR) is 84.9 cm³/mol. The molecule has 2 saturated heterocycles. The third-order valence-electron chi connectivity index (χ3n) is 4.16. The SMILES string of the molecule is CC(NC(=O)c1cccs1)C(=O)N1C[C@H]2CNC[C@H]2C1.Cl. The molecule has 0 bridgehead atoms. The molecule has 3 rings (SSSR count). The van der Waals surface area contributed by atoms with Crippen LogP contribution < -0.4 is 10.6 Å². The zero-order valence-electron chi connectivity index (χ0n) is 11.9. The molecule has 0 aliphatic carbocycles. The number of amides is 2. The second-order valence-electron chi connectivity index (χ2n) is 5.59. The van der Waals surface area contributed by atoms with Crippen molar-refractivity contribution in [3.05, 3.63) is 22.4 Å². The van der Waals surface area contributed by atoms with E-state index < -0.39 is 6.04 Å². The Morgan fingerprint density at radius 3 is 2.62 bits per heavy atom. The van der Waals surface area contributed by atoms with Gasteiger partial charge in [-0.15, -0.1) is 23.7 Å². The van der Waals surface area contributed by atoms with E-state index in [1.165, 1.54) is 11.3 Å². The molecule has 0 aromatic carbocycles. The highest BCUT2D eigenvalue weighted by molar-refractivity contribution is 7.12. The van der Waals surface area contributed by atoms with Crippen molar-refractivity contribution >= 4 is 35.6 Å². The van der Waals surface area contributed by atoms with Crippen LogP contribution in [0.3, 0.4) is 0 Å². The lowest BCUT2D eigenvalue weighted by atomic mass is 10.0. The van der Waals surface area contributed by atoms with Crippen LogP contribution in [0.25, 0.3) is 0 Å². The number of carbonyl (C=O) groups is 2. The van der Waals surface area contributed by atoms with Crippen molar-refractivity contribution in [1.29, 1.82) is 0 Å². The van der Waals surface area contributed by atoms with E-state index >= 15 is 0 Å². The van der Waals surface area contributed by atoms with Crippen LogP contribution in [0.15, 0.2) is 17.5 Å². The monoisotopic (exact) mass is 329 g/mol. The molecule has 116 valence electrons. The number of halogens is 1. The molecular formula is C14H20ClN3O2S. The van der Waals surface area contributed by atoms with Crippen molar-refractivity contribution in [2.75, 3.05) is 26.2 Å². The molecule has 2 fully saturated rings. The first-order valence-corrected chi connectivity index (χ1v) is 7.87. The van der Waals surface area contributed by atoms with Gasteiger partial charge in [0.25, 0.3) is 5.91 Å². The lowest BCUT2D eigenvalue weighted by Gasteiger charge is -2.22. The molecule has 1 aromatic heterocycles. The third-order valence-corrected chi connectivity index (χ3v) is 5.03. The van der Waals surface area contributed by atoms with Crippen LogP contribution in [0.2, 0.25) is 0 Å². The maximum atomic E-state index is 12.4. The number of hydrogen-bond acceptors (Lipinski definition) is 4. The average molecular weight is 330 g/mol. The number of nitrogens with zero attached hydrogens (tertiary/aromatic N) is 1. The second-order valence-corrected chi connectivity index (χ2v) is 6.54. The summed E-state index contributed by atoms with van der Waals surface area (Å²) in [4.78, 5) is 26.9. The Morgan fingerprint density at radius 1 is 1.38 bits per heavy atom. The molecule has 1 unspecified atom stereocenters. The smallest absolute Gasteiger partial charge is 0.261 e. The Morgan fingerprint density at radius 2 is 2.05 bits per heavy atom. The summed E-state index contributed by atoms with van der Waals surface area (Å²) in [6, 6.07) is 3.14. The first kappa shape index (κ1) is 16.3. The first-order valence-electron chi connectivity index (χ1n) is 6.99. The summed E-state index contributed by atoms with van der Waals surface area (Å²) in [5.41, 5.74) is 0. The van der Waals surface area contributed by atoms with Gasteiger partial charge < -0.3 is 15.5 Å². The van der Waals surface area contributed by atoms with Gasteiger partial charge in [-0.25, -0.2) is 0 Å². The molecule has 5 nitrogen and oxygen atoms in total. The number of carbonyl (C=O) groups excluding carboxylic acids is 2. The van der Waals surface area contributed by atoms with Crippen LogP contribution in [0, 0.1) is 11.8 Å². The lowest BCUT2D eigenvalue weighted by molar-refractivity contribution is -0.132. The van der Waals surface area contributed by atoms with Crippen molar-refractivity contribution < 1.29 is 9.59 Å². The fraction of sp³-hybridized carbons (Fsp3) is 0.571. The summed E-state index contributed by atoms with van der Waals surface area (Å²) >= 11 is 1.39. The van der Waals surface area contributed by atoms with Crippen molar-refractivity contribution in [1.82, 2.24) is 15.5 Å². The zero-order valence-corrected chi connectivity index (χ0v) is 13.5. The van der Waals surface area contributed by atoms with Gasteiger partial charge in [-0.1, -0.05) is 6.07 Å². The topological polar surface area (TPSA) is 61.4 Å². The van der Waals surface area contributed by atoms with Crippen LogP contribution in [0.1, 0.15) is 16.6 Å². The van der Waals surface area contributed by atoms with Crippen molar-refractivity contribution in [3.63, 3.8) is 0 Å². The molecule has 0 saturated carbocycles. The molecule has 2 amide bonds. The van der Waals surface area contributed by atoms with Crippen LogP contribution in [0.5, 0.6) is 0 Å². The van der Waals surface area contributed by atoms with Crippen molar-refractivity contribution in [3.8, 4) is 0 Å². The van der Waals surface area contributed by atoms with Gasteiger partial charge in [-0.2, -0.15) is 0 Å². The maximum Gasteiger partial charge on any atom is 0.261 e. The molecule has 0 radical (unpaired) electrons. The molecule has 7 heteroatoms. The maximum absolute atomic E-state index is 12.4. The molecule has 21 heavy (non-hydrogen) atoms. The predicted octanol–water partition coefficient (Wildman–Crippen LogP) is 0.966. The standard InChI is InChI=1S/C14H19N3O2S.ClH/c1-9(16-13(18)12-3-2-4-20-12)14(19)17-7-10-5-15-6-11(10)8-17;/h2-4,9-11,15H,5-8H2,1H3,(H,16,18);1H/t9?,10-,11+;. The summed E-state index contributed by atoms with van der Waals surface area (Å²) in [6.45, 7) is 5.40. The number of hydrogen-bond donors (Lipinski definition) is 2. The van der Waals surface area contributed by atoms with E-state index in [1.807, 2.05) is 16.3 Å². The summed E-state index contributed by atoms with van der Waals surface area (Å²) in [5.74, 6) is 1.03. The van der Waals surface area contributed by atoms with E-state index in [2.05, 4.69) is 10.6 Å². The number of nitrogens with one attached hydrogen (secondary N) is 2. The van der Waals surface area contributed by atoms with E-state index in [-0.39, 0.29) is 24.2 Å². The number of thiophene rings is 1. The Bertz CT molecular complexity index is 496. The summed E-state index contributed by atoms with van der Waals surface area (Å²) in [6.07, 6.45) is 0. The molecule has 1 aromatic rings. The molecule has 2 aliphatic rings. The molecular weight excluding hydrogens is 310 g/mol. The summed E-state index contributed by atoms with van der Waals surface area (Å²) in [5, 5.41) is 8.00. The highest BCUT2D eigenvalue weighted by Crippen LogP contribution is 2.26. The van der Waals surface area contributed by atoms with Crippen LogP contribution >= 0.6 is 23.7 Å². The number of likely N-dealkylation sites (tertiary alicyclic amines) is 1. The summed E-state index contributed by atoms with van der Waals surface area (Å²) < 4.78 is 0. The van der Waals surface area contributed by atoms with Gasteiger partial charge in [0.15, 0.2) is 0 Å². The summed E-state index contributed by atoms with van der Waals surface area (Å²) in [7, 11) is 0. The Hall–Kier alpha value is -1.11. The van der Waals surface area contributed by atoms with Gasteiger partial charge in [0.2, 0.25) is 5.91 Å². The van der Waals surface area contributed by atoms with Crippen molar-refractivity contribution in [2.45, 2.75) is 13.0 Å². The molecule has 3 heterocycles. The van der Waals surface area contributed by atoms with Gasteiger partial charge in [-0.05, 0) is 30.2 Å². The average Bonchev–Trinajstić information content (AvgIpc) is 3.13. The third kappa shape index (κ3) is 3.39. The number of fused-ring (bicyclic) bond motifs is 1. The number of rotatable bonds is 3. The van der Waals surface area contributed by atoms with Crippen LogP contribution in [0.4, 0.5) is 0 Å². The lowest BCUT2D eigenvalue weighted by Crippen LogP contribution is -2.46. The first-order chi connectivity index (χ1) is 9.65. The normalized spacial score (nSPS) is 25.1. The van der Waals surface area contributed by atoms with E-state index in [0.717, 1.165) is 26.2 Å². The van der Waals surface area contributed by atoms with Gasteiger partial charge in [0.05, 0.1) is 4.88 Å². The van der Waals surface area contributed by atoms with Crippen molar-refractivity contribution in [2.24, 2.45) is 11.8 Å².